The van der Waals surface area contributed by atoms with Crippen LogP contribution in [0.5, 0.6) is 0 Å². The second-order valence-corrected chi connectivity index (χ2v) is 4.97. The van der Waals surface area contributed by atoms with Crippen molar-refractivity contribution in [1.29, 1.82) is 0 Å². The van der Waals surface area contributed by atoms with Crippen molar-refractivity contribution in [3.63, 3.8) is 0 Å². The van der Waals surface area contributed by atoms with E-state index in [0.29, 0.717) is 10.6 Å². The first-order valence-corrected chi connectivity index (χ1v) is 6.36. The normalized spacial score (nSPS) is 17.5. The number of aldehydes is 1. The molecule has 0 spiro atoms. The molecule has 18 heavy (non-hydrogen) atoms. The molecule has 0 saturated carbocycles. The maximum Gasteiger partial charge on any atom is 0.150 e. The van der Waals surface area contributed by atoms with Crippen LogP contribution in [-0.4, -0.2) is 11.3 Å². The van der Waals surface area contributed by atoms with Gasteiger partial charge in [0.1, 0.15) is 6.29 Å². The summed E-state index contributed by atoms with van der Waals surface area (Å²) in [6.45, 7) is 0. The molecular weight excluding hydrogens is 246 g/mol. The Balaban J connectivity index is 2.12. The fourth-order valence-corrected chi connectivity index (χ4v) is 2.85. The third-order valence-corrected chi connectivity index (χ3v) is 3.74. The van der Waals surface area contributed by atoms with Crippen molar-refractivity contribution < 1.29 is 4.79 Å². The molecule has 1 atom stereocenters. The van der Waals surface area contributed by atoms with Gasteiger partial charge in [0, 0.05) is 22.7 Å². The van der Waals surface area contributed by atoms with E-state index in [1.165, 1.54) is 5.56 Å². The molecule has 0 N–H and O–H groups in total. The van der Waals surface area contributed by atoms with Crippen LogP contribution in [0.2, 0.25) is 5.02 Å². The molecule has 1 unspecified atom stereocenters. The number of nitrogens with zero attached hydrogens (tertiary/aromatic N) is 1. The smallest absolute Gasteiger partial charge is 0.150 e. The van der Waals surface area contributed by atoms with E-state index in [1.807, 2.05) is 18.3 Å². The molecule has 0 radical (unpaired) electrons. The lowest BCUT2D eigenvalue weighted by molar-refractivity contribution is 0.112. The summed E-state index contributed by atoms with van der Waals surface area (Å²) in [5.74, 6) is 0.195. The molecule has 3 rings (SSSR count). The van der Waals surface area contributed by atoms with Crippen LogP contribution < -0.4 is 0 Å². The van der Waals surface area contributed by atoms with Crippen LogP contribution in [0.1, 0.15) is 39.5 Å². The Kier molecular flexibility index (Phi) is 2.88. The van der Waals surface area contributed by atoms with E-state index in [1.54, 1.807) is 12.1 Å². The zero-order valence-electron chi connectivity index (χ0n) is 9.77. The minimum Gasteiger partial charge on any atom is -0.298 e. The van der Waals surface area contributed by atoms with E-state index in [0.717, 1.165) is 30.4 Å². The number of carbonyl (C=O) groups is 1. The number of hydrogen-bond donors (Lipinski definition) is 0. The van der Waals surface area contributed by atoms with Gasteiger partial charge < -0.3 is 0 Å². The molecule has 2 nitrogen and oxygen atoms in total. The standard InChI is InChI=1S/C15H12ClNO/c16-12-5-3-11(9-18)14(8-12)13-6-4-10-2-1-7-17-15(10)13/h1-3,5,7-9,13H,4,6H2. The average molecular weight is 258 g/mol. The number of carbonyl (C=O) groups excluding carboxylic acids is 1. The van der Waals surface area contributed by atoms with E-state index in [-0.39, 0.29) is 5.92 Å². The van der Waals surface area contributed by atoms with Crippen LogP contribution in [0.25, 0.3) is 0 Å². The van der Waals surface area contributed by atoms with Crippen molar-refractivity contribution in [3.05, 3.63) is 63.9 Å². The van der Waals surface area contributed by atoms with E-state index < -0.39 is 0 Å². The topological polar surface area (TPSA) is 30.0 Å². The highest BCUT2D eigenvalue weighted by molar-refractivity contribution is 6.30. The summed E-state index contributed by atoms with van der Waals surface area (Å²) in [6, 6.07) is 9.49. The third kappa shape index (κ3) is 1.83. The summed E-state index contributed by atoms with van der Waals surface area (Å²) >= 11 is 6.04. The van der Waals surface area contributed by atoms with E-state index in [2.05, 4.69) is 11.1 Å². The molecule has 2 aromatic rings. The summed E-state index contributed by atoms with van der Waals surface area (Å²) in [7, 11) is 0. The fourth-order valence-electron chi connectivity index (χ4n) is 2.67. The quantitative estimate of drug-likeness (QED) is 0.769. The van der Waals surface area contributed by atoms with Gasteiger partial charge in [-0.2, -0.15) is 0 Å². The second-order valence-electron chi connectivity index (χ2n) is 4.53. The van der Waals surface area contributed by atoms with E-state index >= 15 is 0 Å². The molecular formula is C15H12ClNO. The average Bonchev–Trinajstić information content (AvgIpc) is 2.82. The molecule has 1 aromatic heterocycles. The van der Waals surface area contributed by atoms with E-state index in [9.17, 15) is 4.79 Å². The predicted molar refractivity (Wildman–Crippen MR) is 71.2 cm³/mol. The minimum absolute atomic E-state index is 0.195. The minimum atomic E-state index is 0.195. The predicted octanol–water partition coefficient (Wildman–Crippen LogP) is 3.63. The summed E-state index contributed by atoms with van der Waals surface area (Å²) in [5.41, 5.74) is 4.07. The van der Waals surface area contributed by atoms with Gasteiger partial charge in [-0.15, -0.1) is 0 Å². The molecule has 3 heteroatoms. The number of aryl methyl sites for hydroxylation is 1. The Labute approximate surface area is 111 Å². The number of hydrogen-bond acceptors (Lipinski definition) is 2. The van der Waals surface area contributed by atoms with Crippen molar-refractivity contribution in [1.82, 2.24) is 4.98 Å². The fraction of sp³-hybridized carbons (Fsp3) is 0.200. The van der Waals surface area contributed by atoms with Gasteiger partial charge in [-0.05, 0) is 48.2 Å². The van der Waals surface area contributed by atoms with Crippen molar-refractivity contribution in [2.24, 2.45) is 0 Å². The molecule has 1 heterocycles. The Morgan fingerprint density at radius 1 is 1.33 bits per heavy atom. The maximum atomic E-state index is 11.1. The molecule has 0 saturated heterocycles. The Morgan fingerprint density at radius 3 is 3.06 bits per heavy atom. The van der Waals surface area contributed by atoms with Gasteiger partial charge in [-0.25, -0.2) is 0 Å². The van der Waals surface area contributed by atoms with Gasteiger partial charge >= 0.3 is 0 Å². The lowest BCUT2D eigenvalue weighted by atomic mass is 9.92. The number of benzene rings is 1. The first-order valence-electron chi connectivity index (χ1n) is 5.98. The number of fused-ring (bicyclic) bond motifs is 1. The van der Waals surface area contributed by atoms with Gasteiger partial charge in [-0.3, -0.25) is 9.78 Å². The first kappa shape index (κ1) is 11.4. The largest absolute Gasteiger partial charge is 0.298 e. The zero-order valence-corrected chi connectivity index (χ0v) is 10.5. The number of rotatable bonds is 2. The molecule has 0 fully saturated rings. The van der Waals surface area contributed by atoms with Crippen LogP contribution >= 0.6 is 11.6 Å². The Bertz CT molecular complexity index is 609. The van der Waals surface area contributed by atoms with Gasteiger partial charge in [0.25, 0.3) is 0 Å². The highest BCUT2D eigenvalue weighted by Crippen LogP contribution is 2.38. The third-order valence-electron chi connectivity index (χ3n) is 3.51. The maximum absolute atomic E-state index is 11.1. The second kappa shape index (κ2) is 4.54. The lowest BCUT2D eigenvalue weighted by Crippen LogP contribution is -2.02. The van der Waals surface area contributed by atoms with Crippen molar-refractivity contribution in [2.75, 3.05) is 0 Å². The van der Waals surface area contributed by atoms with Crippen LogP contribution in [0, 0.1) is 0 Å². The summed E-state index contributed by atoms with van der Waals surface area (Å²) in [4.78, 5) is 15.6. The molecule has 90 valence electrons. The van der Waals surface area contributed by atoms with Crippen LogP contribution in [0.15, 0.2) is 36.5 Å². The summed E-state index contributed by atoms with van der Waals surface area (Å²) < 4.78 is 0. The van der Waals surface area contributed by atoms with Gasteiger partial charge in [0.2, 0.25) is 0 Å². The van der Waals surface area contributed by atoms with Gasteiger partial charge in [-0.1, -0.05) is 17.7 Å². The van der Waals surface area contributed by atoms with E-state index in [4.69, 9.17) is 11.6 Å². The number of pyridine rings is 1. The van der Waals surface area contributed by atoms with Crippen molar-refractivity contribution >= 4 is 17.9 Å². The summed E-state index contributed by atoms with van der Waals surface area (Å²) in [6.07, 6.45) is 4.71. The van der Waals surface area contributed by atoms with Gasteiger partial charge in [0.15, 0.2) is 0 Å². The summed E-state index contributed by atoms with van der Waals surface area (Å²) in [5, 5.41) is 0.667. The zero-order chi connectivity index (χ0) is 12.5. The molecule has 1 aliphatic carbocycles. The molecule has 0 amide bonds. The lowest BCUT2D eigenvalue weighted by Gasteiger charge is -2.13. The highest BCUT2D eigenvalue weighted by Gasteiger charge is 2.26. The molecule has 0 aliphatic heterocycles. The van der Waals surface area contributed by atoms with Gasteiger partial charge in [0.05, 0.1) is 5.69 Å². The monoisotopic (exact) mass is 257 g/mol. The Morgan fingerprint density at radius 2 is 2.22 bits per heavy atom. The molecule has 1 aliphatic rings. The Hall–Kier alpha value is -1.67. The highest BCUT2D eigenvalue weighted by atomic mass is 35.5. The number of aromatic nitrogens is 1. The first-order chi connectivity index (χ1) is 8.79. The molecule has 0 bridgehead atoms. The van der Waals surface area contributed by atoms with Crippen molar-refractivity contribution in [2.45, 2.75) is 18.8 Å². The van der Waals surface area contributed by atoms with Crippen molar-refractivity contribution in [3.8, 4) is 0 Å². The van der Waals surface area contributed by atoms with Crippen LogP contribution in [0.3, 0.4) is 0 Å². The molecule has 1 aromatic carbocycles. The number of halogens is 1. The SMILES string of the molecule is O=Cc1ccc(Cl)cc1C1CCc2cccnc21. The van der Waals surface area contributed by atoms with Crippen LogP contribution in [0.4, 0.5) is 0 Å². The van der Waals surface area contributed by atoms with Crippen LogP contribution in [-0.2, 0) is 6.42 Å².